The third-order valence-corrected chi connectivity index (χ3v) is 4.67. The molecule has 0 amide bonds. The molecular weight excluding hydrogens is 336 g/mol. The Morgan fingerprint density at radius 2 is 1.00 bits per heavy atom. The molecule has 0 saturated carbocycles. The largest absolute Gasteiger partial charge is 0.295 e. The van der Waals surface area contributed by atoms with Gasteiger partial charge in [0, 0.05) is 23.5 Å². The first kappa shape index (κ1) is 16.3. The Hall–Kier alpha value is -3.17. The van der Waals surface area contributed by atoms with Crippen LogP contribution in [0.3, 0.4) is 0 Å². The molecule has 0 spiro atoms. The zero-order valence-corrected chi connectivity index (χ0v) is 15.0. The normalized spacial score (nSPS) is 10.5. The summed E-state index contributed by atoms with van der Waals surface area (Å²) in [6, 6.07) is 30.7. The van der Waals surface area contributed by atoms with E-state index < -0.39 is 0 Å². The van der Waals surface area contributed by atoms with Crippen molar-refractivity contribution in [2.75, 3.05) is 5.43 Å². The smallest absolute Gasteiger partial charge is 0.0564 e. The molecule has 3 heteroatoms. The number of anilines is 1. The Labute approximate surface area is 158 Å². The number of hydrogen-bond acceptors (Lipinski definition) is 2. The molecule has 0 aliphatic heterocycles. The third-order valence-electron chi connectivity index (χ3n) is 4.23. The highest BCUT2D eigenvalue weighted by Crippen LogP contribution is 2.29. The number of benzene rings is 3. The second-order valence-corrected chi connectivity index (χ2v) is 6.44. The molecule has 1 heterocycles. The lowest BCUT2D eigenvalue weighted by atomic mass is 10.0. The van der Waals surface area contributed by atoms with Crippen LogP contribution in [0, 0.1) is 4.51 Å². The van der Waals surface area contributed by atoms with Crippen LogP contribution in [0.15, 0.2) is 103 Å². The van der Waals surface area contributed by atoms with Gasteiger partial charge in [0.25, 0.3) is 0 Å². The molecule has 26 heavy (non-hydrogen) atoms. The fourth-order valence-corrected chi connectivity index (χ4v) is 3.29. The summed E-state index contributed by atoms with van der Waals surface area (Å²) in [5.41, 5.74) is 8.73. The van der Waals surface area contributed by atoms with Crippen LogP contribution in [0.4, 0.5) is 5.69 Å². The number of nitrogens with zero attached hydrogens (tertiary/aromatic N) is 1. The highest BCUT2D eigenvalue weighted by molar-refractivity contribution is 7.71. The molecule has 0 fully saturated rings. The monoisotopic (exact) mass is 354 g/mol. The average Bonchev–Trinajstić information content (AvgIpc) is 2.71. The van der Waals surface area contributed by atoms with E-state index in [9.17, 15) is 0 Å². The minimum Gasteiger partial charge on any atom is -0.295 e. The highest BCUT2D eigenvalue weighted by atomic mass is 32.1. The Bertz CT molecular complexity index is 992. The zero-order chi connectivity index (χ0) is 17.8. The van der Waals surface area contributed by atoms with E-state index in [1.54, 1.807) is 0 Å². The molecule has 4 aromatic rings. The fraction of sp³-hybridized carbons (Fsp3) is 0. The first-order chi connectivity index (χ1) is 12.8. The van der Waals surface area contributed by atoms with Crippen molar-refractivity contribution >= 4 is 17.9 Å². The summed E-state index contributed by atoms with van der Waals surface area (Å²) in [5.74, 6) is 0. The van der Waals surface area contributed by atoms with Gasteiger partial charge in [0.1, 0.15) is 0 Å². The number of pyridine rings is 1. The van der Waals surface area contributed by atoms with Crippen LogP contribution in [-0.2, 0) is 0 Å². The number of aromatic nitrogens is 1. The molecule has 2 nitrogen and oxygen atoms in total. The van der Waals surface area contributed by atoms with Crippen LogP contribution in [0.25, 0.3) is 22.3 Å². The van der Waals surface area contributed by atoms with Crippen molar-refractivity contribution in [3.8, 4) is 22.3 Å². The SMILES string of the molecule is S=c1c(-c2ccccc2)cn(Nc2ccccc2)cc1-c1ccccc1. The minimum absolute atomic E-state index is 0.855. The molecule has 0 radical (unpaired) electrons. The van der Waals surface area contributed by atoms with Gasteiger partial charge in [-0.15, -0.1) is 0 Å². The van der Waals surface area contributed by atoms with Crippen molar-refractivity contribution < 1.29 is 0 Å². The van der Waals surface area contributed by atoms with E-state index in [0.717, 1.165) is 32.5 Å². The van der Waals surface area contributed by atoms with Crippen LogP contribution in [0.2, 0.25) is 0 Å². The van der Waals surface area contributed by atoms with Crippen LogP contribution in [0.5, 0.6) is 0 Å². The maximum absolute atomic E-state index is 5.84. The first-order valence-corrected chi connectivity index (χ1v) is 8.91. The standard InChI is InChI=1S/C23H18N2S/c26-23-21(18-10-4-1-5-11-18)16-25(24-20-14-8-3-9-15-20)17-22(23)19-12-6-2-7-13-19/h1-17,24H. The summed E-state index contributed by atoms with van der Waals surface area (Å²) in [5, 5.41) is 0. The van der Waals surface area contributed by atoms with Gasteiger partial charge >= 0.3 is 0 Å². The lowest BCUT2D eigenvalue weighted by Crippen LogP contribution is -2.10. The summed E-state index contributed by atoms with van der Waals surface area (Å²) >= 11 is 5.84. The maximum atomic E-state index is 5.84. The van der Waals surface area contributed by atoms with E-state index in [1.165, 1.54) is 0 Å². The predicted octanol–water partition coefficient (Wildman–Crippen LogP) is 6.43. The Morgan fingerprint density at radius 1 is 0.577 bits per heavy atom. The quantitative estimate of drug-likeness (QED) is 0.425. The molecule has 0 atom stereocenters. The summed E-state index contributed by atoms with van der Waals surface area (Å²) in [6.07, 6.45) is 4.11. The topological polar surface area (TPSA) is 17.0 Å². The van der Waals surface area contributed by atoms with Gasteiger partial charge in [-0.05, 0) is 23.3 Å². The van der Waals surface area contributed by atoms with E-state index in [1.807, 2.05) is 71.4 Å². The van der Waals surface area contributed by atoms with E-state index >= 15 is 0 Å². The van der Waals surface area contributed by atoms with Gasteiger partial charge in [0.2, 0.25) is 0 Å². The van der Waals surface area contributed by atoms with Gasteiger partial charge in [0.05, 0.1) is 10.2 Å². The lowest BCUT2D eigenvalue weighted by Gasteiger charge is -2.16. The third kappa shape index (κ3) is 3.44. The van der Waals surface area contributed by atoms with Gasteiger partial charge in [-0.1, -0.05) is 91.1 Å². The zero-order valence-electron chi connectivity index (χ0n) is 14.2. The van der Waals surface area contributed by atoms with E-state index in [4.69, 9.17) is 12.2 Å². The van der Waals surface area contributed by atoms with E-state index in [2.05, 4.69) is 42.1 Å². The van der Waals surface area contributed by atoms with Crippen molar-refractivity contribution in [1.82, 2.24) is 4.68 Å². The highest BCUT2D eigenvalue weighted by Gasteiger charge is 2.09. The van der Waals surface area contributed by atoms with E-state index in [0.29, 0.717) is 0 Å². The van der Waals surface area contributed by atoms with Gasteiger partial charge < -0.3 is 0 Å². The van der Waals surface area contributed by atoms with Crippen molar-refractivity contribution in [2.24, 2.45) is 0 Å². The van der Waals surface area contributed by atoms with Crippen molar-refractivity contribution in [3.63, 3.8) is 0 Å². The summed E-state index contributed by atoms with van der Waals surface area (Å²) in [4.78, 5) is 0. The molecule has 0 aliphatic rings. The second-order valence-electron chi connectivity index (χ2n) is 6.03. The number of para-hydroxylation sites is 1. The van der Waals surface area contributed by atoms with Crippen LogP contribution >= 0.6 is 12.2 Å². The molecule has 0 unspecified atom stereocenters. The number of rotatable bonds is 4. The molecule has 126 valence electrons. The van der Waals surface area contributed by atoms with Gasteiger partial charge in [-0.25, -0.2) is 0 Å². The number of nitrogens with one attached hydrogen (secondary N) is 1. The summed E-state index contributed by atoms with van der Waals surface area (Å²) in [6.45, 7) is 0. The maximum Gasteiger partial charge on any atom is 0.0564 e. The molecule has 3 aromatic carbocycles. The Kier molecular flexibility index (Phi) is 4.63. The molecular formula is C23H18N2S. The van der Waals surface area contributed by atoms with Crippen LogP contribution in [-0.4, -0.2) is 4.68 Å². The molecule has 1 aromatic heterocycles. The Morgan fingerprint density at radius 3 is 1.46 bits per heavy atom. The number of hydrogen-bond donors (Lipinski definition) is 1. The molecule has 4 rings (SSSR count). The molecule has 0 aliphatic carbocycles. The van der Waals surface area contributed by atoms with E-state index in [-0.39, 0.29) is 0 Å². The summed E-state index contributed by atoms with van der Waals surface area (Å²) in [7, 11) is 0. The Balaban J connectivity index is 1.88. The van der Waals surface area contributed by atoms with Gasteiger partial charge in [-0.3, -0.25) is 10.1 Å². The molecule has 0 saturated heterocycles. The van der Waals surface area contributed by atoms with Crippen LogP contribution in [0.1, 0.15) is 0 Å². The van der Waals surface area contributed by atoms with Crippen molar-refractivity contribution in [2.45, 2.75) is 0 Å². The van der Waals surface area contributed by atoms with Crippen molar-refractivity contribution in [1.29, 1.82) is 0 Å². The molecule has 1 N–H and O–H groups in total. The van der Waals surface area contributed by atoms with Crippen molar-refractivity contribution in [3.05, 3.63) is 108 Å². The predicted molar refractivity (Wildman–Crippen MR) is 112 cm³/mol. The average molecular weight is 354 g/mol. The second kappa shape index (κ2) is 7.38. The lowest BCUT2D eigenvalue weighted by molar-refractivity contribution is 0.948. The van der Waals surface area contributed by atoms with Gasteiger partial charge in [-0.2, -0.15) is 0 Å². The first-order valence-electron chi connectivity index (χ1n) is 8.50. The minimum atomic E-state index is 0.855. The molecule has 0 bridgehead atoms. The fourth-order valence-electron chi connectivity index (χ4n) is 2.95. The van der Waals surface area contributed by atoms with Gasteiger partial charge in [0.15, 0.2) is 0 Å². The summed E-state index contributed by atoms with van der Waals surface area (Å²) < 4.78 is 2.84. The van der Waals surface area contributed by atoms with Crippen LogP contribution < -0.4 is 5.43 Å².